The molecule has 1 saturated heterocycles. The van der Waals surface area contributed by atoms with E-state index in [4.69, 9.17) is 4.74 Å². The topological polar surface area (TPSA) is 21.3 Å². The van der Waals surface area contributed by atoms with Gasteiger partial charge < -0.3 is 10.1 Å². The molecule has 1 N–H and O–H groups in total. The summed E-state index contributed by atoms with van der Waals surface area (Å²) in [5.41, 5.74) is 1.56. The molecule has 1 aliphatic heterocycles. The highest BCUT2D eigenvalue weighted by atomic mass is 16.5. The summed E-state index contributed by atoms with van der Waals surface area (Å²) in [6, 6.07) is 0. The van der Waals surface area contributed by atoms with E-state index < -0.39 is 0 Å². The van der Waals surface area contributed by atoms with Crippen molar-refractivity contribution in [2.75, 3.05) is 19.7 Å². The van der Waals surface area contributed by atoms with Crippen molar-refractivity contribution in [2.45, 2.75) is 53.1 Å². The van der Waals surface area contributed by atoms with Gasteiger partial charge in [-0.3, -0.25) is 0 Å². The molecule has 0 spiro atoms. The van der Waals surface area contributed by atoms with Gasteiger partial charge in [-0.05, 0) is 50.5 Å². The normalized spacial score (nSPS) is 35.7. The maximum absolute atomic E-state index is 6.09. The molecular formula is C17H31NO. The highest BCUT2D eigenvalue weighted by molar-refractivity contribution is 5.08. The fourth-order valence-electron chi connectivity index (χ4n) is 3.80. The van der Waals surface area contributed by atoms with Crippen LogP contribution in [0.5, 0.6) is 0 Å². The quantitative estimate of drug-likeness (QED) is 0.766. The second-order valence-electron chi connectivity index (χ2n) is 7.13. The molecule has 110 valence electrons. The van der Waals surface area contributed by atoms with Gasteiger partial charge in [0.25, 0.3) is 0 Å². The molecule has 19 heavy (non-hydrogen) atoms. The van der Waals surface area contributed by atoms with E-state index in [1.165, 1.54) is 19.3 Å². The first-order valence-corrected chi connectivity index (χ1v) is 8.06. The summed E-state index contributed by atoms with van der Waals surface area (Å²) in [6.45, 7) is 12.4. The summed E-state index contributed by atoms with van der Waals surface area (Å²) in [6.07, 6.45) is 6.73. The first-order chi connectivity index (χ1) is 9.06. The van der Waals surface area contributed by atoms with Crippen molar-refractivity contribution in [1.82, 2.24) is 5.32 Å². The number of allylic oxidation sites excluding steroid dienone is 2. The van der Waals surface area contributed by atoms with Crippen molar-refractivity contribution in [3.8, 4) is 0 Å². The van der Waals surface area contributed by atoms with Crippen LogP contribution in [0.4, 0.5) is 0 Å². The second kappa shape index (κ2) is 6.90. The molecule has 0 aromatic rings. The molecule has 0 amide bonds. The molecule has 1 heterocycles. The van der Waals surface area contributed by atoms with Gasteiger partial charge in [-0.25, -0.2) is 0 Å². The number of nitrogens with one attached hydrogen (secondary N) is 1. The summed E-state index contributed by atoms with van der Waals surface area (Å²) in [4.78, 5) is 0. The predicted octanol–water partition coefficient (Wildman–Crippen LogP) is 3.63. The van der Waals surface area contributed by atoms with E-state index in [9.17, 15) is 0 Å². The van der Waals surface area contributed by atoms with Crippen LogP contribution in [-0.4, -0.2) is 25.8 Å². The van der Waals surface area contributed by atoms with Crippen LogP contribution in [0.15, 0.2) is 11.6 Å². The van der Waals surface area contributed by atoms with Crippen LogP contribution < -0.4 is 5.32 Å². The first-order valence-electron chi connectivity index (χ1n) is 8.06. The number of hydrogen-bond acceptors (Lipinski definition) is 2. The second-order valence-corrected chi connectivity index (χ2v) is 7.13. The smallest absolute Gasteiger partial charge is 0.0647 e. The van der Waals surface area contributed by atoms with E-state index in [1.807, 2.05) is 0 Å². The van der Waals surface area contributed by atoms with Crippen LogP contribution >= 0.6 is 0 Å². The molecule has 4 atom stereocenters. The van der Waals surface area contributed by atoms with Gasteiger partial charge in [-0.2, -0.15) is 0 Å². The Morgan fingerprint density at radius 2 is 2.21 bits per heavy atom. The molecule has 2 aliphatic rings. The summed E-state index contributed by atoms with van der Waals surface area (Å²) in [5, 5.41) is 3.62. The zero-order valence-corrected chi connectivity index (χ0v) is 13.1. The van der Waals surface area contributed by atoms with Gasteiger partial charge in [0, 0.05) is 19.1 Å². The fourth-order valence-corrected chi connectivity index (χ4v) is 3.80. The SMILES string of the molecule is CC1=CC(C)CC(C2OCCC2CNCC(C)C)C1. The minimum absolute atomic E-state index is 0.491. The maximum Gasteiger partial charge on any atom is 0.0647 e. The fraction of sp³-hybridized carbons (Fsp3) is 0.882. The van der Waals surface area contributed by atoms with Crippen molar-refractivity contribution >= 4 is 0 Å². The molecule has 0 bridgehead atoms. The van der Waals surface area contributed by atoms with Crippen LogP contribution in [-0.2, 0) is 4.74 Å². The monoisotopic (exact) mass is 265 g/mol. The third-order valence-corrected chi connectivity index (χ3v) is 4.52. The lowest BCUT2D eigenvalue weighted by Gasteiger charge is -2.33. The van der Waals surface area contributed by atoms with Crippen LogP contribution in [0.3, 0.4) is 0 Å². The zero-order chi connectivity index (χ0) is 13.8. The number of ether oxygens (including phenoxy) is 1. The largest absolute Gasteiger partial charge is 0.378 e. The molecule has 0 aromatic carbocycles. The highest BCUT2D eigenvalue weighted by Crippen LogP contribution is 2.37. The van der Waals surface area contributed by atoms with Crippen molar-refractivity contribution in [1.29, 1.82) is 0 Å². The van der Waals surface area contributed by atoms with Crippen molar-refractivity contribution in [3.05, 3.63) is 11.6 Å². The molecule has 2 rings (SSSR count). The standard InChI is InChI=1S/C17H31NO/c1-12(2)10-18-11-15-5-6-19-17(15)16-8-13(3)7-14(4)9-16/h7,12-13,15-18H,5-6,8-11H2,1-4H3. The Hall–Kier alpha value is -0.340. The third kappa shape index (κ3) is 4.32. The zero-order valence-electron chi connectivity index (χ0n) is 13.1. The van der Waals surface area contributed by atoms with Gasteiger partial charge in [0.05, 0.1) is 6.10 Å². The summed E-state index contributed by atoms with van der Waals surface area (Å²) < 4.78 is 6.09. The van der Waals surface area contributed by atoms with Gasteiger partial charge in [0.1, 0.15) is 0 Å². The molecule has 2 nitrogen and oxygen atoms in total. The third-order valence-electron chi connectivity index (χ3n) is 4.52. The first kappa shape index (κ1) is 15.1. The minimum Gasteiger partial charge on any atom is -0.378 e. The van der Waals surface area contributed by atoms with Crippen LogP contribution in [0, 0.1) is 23.7 Å². The lowest BCUT2D eigenvalue weighted by molar-refractivity contribution is 0.0321. The lowest BCUT2D eigenvalue weighted by atomic mass is 9.77. The van der Waals surface area contributed by atoms with Gasteiger partial charge in [-0.1, -0.05) is 32.4 Å². The Labute approximate surface area is 119 Å². The average molecular weight is 265 g/mol. The maximum atomic E-state index is 6.09. The Morgan fingerprint density at radius 1 is 1.42 bits per heavy atom. The van der Waals surface area contributed by atoms with E-state index in [-0.39, 0.29) is 0 Å². The lowest BCUT2D eigenvalue weighted by Crippen LogP contribution is -2.36. The van der Waals surface area contributed by atoms with E-state index >= 15 is 0 Å². The highest BCUT2D eigenvalue weighted by Gasteiger charge is 2.36. The van der Waals surface area contributed by atoms with Gasteiger partial charge in [-0.15, -0.1) is 0 Å². The van der Waals surface area contributed by atoms with Gasteiger partial charge >= 0.3 is 0 Å². The van der Waals surface area contributed by atoms with Crippen LogP contribution in [0.25, 0.3) is 0 Å². The van der Waals surface area contributed by atoms with Gasteiger partial charge in [0.15, 0.2) is 0 Å². The minimum atomic E-state index is 0.491. The Bertz CT molecular complexity index is 310. The Morgan fingerprint density at radius 3 is 2.89 bits per heavy atom. The molecule has 0 aromatic heterocycles. The molecule has 4 unspecified atom stereocenters. The predicted molar refractivity (Wildman–Crippen MR) is 81.2 cm³/mol. The molecule has 0 saturated carbocycles. The van der Waals surface area contributed by atoms with Crippen LogP contribution in [0.1, 0.15) is 47.0 Å². The summed E-state index contributed by atoms with van der Waals surface area (Å²) in [7, 11) is 0. The van der Waals surface area contributed by atoms with E-state index in [1.54, 1.807) is 5.57 Å². The van der Waals surface area contributed by atoms with Crippen LogP contribution in [0.2, 0.25) is 0 Å². The molecule has 2 heteroatoms. The van der Waals surface area contributed by atoms with Crippen molar-refractivity contribution < 1.29 is 4.74 Å². The molecule has 0 radical (unpaired) electrons. The van der Waals surface area contributed by atoms with Crippen molar-refractivity contribution in [2.24, 2.45) is 23.7 Å². The summed E-state index contributed by atoms with van der Waals surface area (Å²) in [5.74, 6) is 2.93. The summed E-state index contributed by atoms with van der Waals surface area (Å²) >= 11 is 0. The van der Waals surface area contributed by atoms with E-state index in [2.05, 4.69) is 39.1 Å². The molecule has 1 fully saturated rings. The molecule has 1 aliphatic carbocycles. The number of rotatable bonds is 5. The molecular weight excluding hydrogens is 234 g/mol. The average Bonchev–Trinajstić information content (AvgIpc) is 2.75. The van der Waals surface area contributed by atoms with E-state index in [0.29, 0.717) is 6.10 Å². The van der Waals surface area contributed by atoms with E-state index in [0.717, 1.165) is 43.4 Å². The number of hydrogen-bond donors (Lipinski definition) is 1. The Kier molecular flexibility index (Phi) is 5.47. The van der Waals surface area contributed by atoms with Crippen molar-refractivity contribution in [3.63, 3.8) is 0 Å². The van der Waals surface area contributed by atoms with Gasteiger partial charge in [0.2, 0.25) is 0 Å². The Balaban J connectivity index is 1.86.